The molecule has 128 valence electrons. The van der Waals surface area contributed by atoms with Gasteiger partial charge in [0.2, 0.25) is 0 Å². The van der Waals surface area contributed by atoms with Gasteiger partial charge in [0, 0.05) is 44.7 Å². The maximum absolute atomic E-state index is 11.6. The Morgan fingerprint density at radius 2 is 1.58 bits per heavy atom. The molecule has 0 bridgehead atoms. The maximum atomic E-state index is 11.6. The van der Waals surface area contributed by atoms with E-state index in [4.69, 9.17) is 0 Å². The molecule has 4 nitrogen and oxygen atoms in total. The van der Waals surface area contributed by atoms with E-state index in [2.05, 4.69) is 34.1 Å². The summed E-state index contributed by atoms with van der Waals surface area (Å²) in [5.41, 5.74) is 2.45. The van der Waals surface area contributed by atoms with Gasteiger partial charge in [-0.25, -0.2) is 8.42 Å². The number of benzene rings is 2. The van der Waals surface area contributed by atoms with Gasteiger partial charge in [-0.1, -0.05) is 30.3 Å². The molecule has 2 aromatic rings. The van der Waals surface area contributed by atoms with Gasteiger partial charge in [-0.2, -0.15) is 0 Å². The minimum Gasteiger partial charge on any atom is -0.370 e. The van der Waals surface area contributed by atoms with E-state index in [1.807, 2.05) is 18.2 Å². The monoisotopic (exact) mass is 344 g/mol. The number of hydrogen-bond donors (Lipinski definition) is 0. The second kappa shape index (κ2) is 7.36. The van der Waals surface area contributed by atoms with Crippen LogP contribution >= 0.6 is 0 Å². The fourth-order valence-electron chi connectivity index (χ4n) is 3.13. The third kappa shape index (κ3) is 4.36. The number of nitrogens with zero attached hydrogens (tertiary/aromatic N) is 2. The Morgan fingerprint density at radius 3 is 2.25 bits per heavy atom. The summed E-state index contributed by atoms with van der Waals surface area (Å²) in [6.07, 6.45) is 2.36. The van der Waals surface area contributed by atoms with Crippen LogP contribution in [0.25, 0.3) is 0 Å². The van der Waals surface area contributed by atoms with Crippen LogP contribution in [0.15, 0.2) is 59.5 Å². The van der Waals surface area contributed by atoms with E-state index in [-0.39, 0.29) is 0 Å². The summed E-state index contributed by atoms with van der Waals surface area (Å²) in [7, 11) is -3.13. The fraction of sp³-hybridized carbons (Fsp3) is 0.368. The molecule has 1 aliphatic heterocycles. The van der Waals surface area contributed by atoms with Gasteiger partial charge in [-0.3, -0.25) is 4.90 Å². The van der Waals surface area contributed by atoms with Gasteiger partial charge in [0.1, 0.15) is 0 Å². The lowest BCUT2D eigenvalue weighted by atomic mass is 10.2. The zero-order chi connectivity index (χ0) is 17.0. The van der Waals surface area contributed by atoms with Crippen molar-refractivity contribution in [1.29, 1.82) is 0 Å². The zero-order valence-corrected chi connectivity index (χ0v) is 14.9. The van der Waals surface area contributed by atoms with E-state index in [1.165, 1.54) is 11.8 Å². The van der Waals surface area contributed by atoms with Crippen LogP contribution in [0, 0.1) is 0 Å². The normalized spacial score (nSPS) is 16.8. The molecule has 2 aromatic carbocycles. The van der Waals surface area contributed by atoms with Crippen molar-refractivity contribution in [3.05, 3.63) is 60.2 Å². The standard InChI is InChI=1S/C19H24N2O2S/c1-24(22,23)19-10-8-18(9-11-19)21-13-5-12-20(14-15-21)16-17-6-3-2-4-7-17/h2-4,6-11H,5,12-16H2,1H3. The number of anilines is 1. The Hall–Kier alpha value is -1.85. The SMILES string of the molecule is CS(=O)(=O)c1ccc(N2CCCN(Cc3ccccc3)CC2)cc1. The molecule has 1 fully saturated rings. The van der Waals surface area contributed by atoms with E-state index in [9.17, 15) is 8.42 Å². The first-order valence-corrected chi connectivity index (χ1v) is 10.2. The molecule has 0 N–H and O–H groups in total. The first-order valence-electron chi connectivity index (χ1n) is 8.34. The largest absolute Gasteiger partial charge is 0.370 e. The maximum Gasteiger partial charge on any atom is 0.175 e. The zero-order valence-electron chi connectivity index (χ0n) is 14.1. The first-order chi connectivity index (χ1) is 11.5. The molecule has 5 heteroatoms. The summed E-state index contributed by atoms with van der Waals surface area (Å²) >= 11 is 0. The molecule has 24 heavy (non-hydrogen) atoms. The van der Waals surface area contributed by atoms with Gasteiger partial charge >= 0.3 is 0 Å². The smallest absolute Gasteiger partial charge is 0.175 e. The Kier molecular flexibility index (Phi) is 5.21. The van der Waals surface area contributed by atoms with Crippen LogP contribution in [0.5, 0.6) is 0 Å². The molecule has 1 saturated heterocycles. The summed E-state index contributed by atoms with van der Waals surface area (Å²) in [4.78, 5) is 5.21. The molecule has 0 saturated carbocycles. The van der Waals surface area contributed by atoms with Crippen molar-refractivity contribution in [3.8, 4) is 0 Å². The average Bonchev–Trinajstić information content (AvgIpc) is 2.81. The lowest BCUT2D eigenvalue weighted by molar-refractivity contribution is 0.285. The van der Waals surface area contributed by atoms with E-state index < -0.39 is 9.84 Å². The van der Waals surface area contributed by atoms with Crippen molar-refractivity contribution in [2.24, 2.45) is 0 Å². The molecule has 0 spiro atoms. The van der Waals surface area contributed by atoms with Gasteiger partial charge in [-0.15, -0.1) is 0 Å². The first kappa shape index (κ1) is 17.0. The topological polar surface area (TPSA) is 40.6 Å². The highest BCUT2D eigenvalue weighted by Gasteiger charge is 2.16. The molecular formula is C19H24N2O2S. The Balaban J connectivity index is 1.63. The predicted octanol–water partition coefficient (Wildman–Crippen LogP) is 2.80. The highest BCUT2D eigenvalue weighted by molar-refractivity contribution is 7.90. The molecule has 0 radical (unpaired) electrons. The highest BCUT2D eigenvalue weighted by atomic mass is 32.2. The van der Waals surface area contributed by atoms with E-state index in [1.54, 1.807) is 12.1 Å². The molecule has 0 aromatic heterocycles. The third-order valence-corrected chi connectivity index (χ3v) is 5.60. The van der Waals surface area contributed by atoms with Gasteiger partial charge in [0.25, 0.3) is 0 Å². The van der Waals surface area contributed by atoms with E-state index in [0.717, 1.165) is 44.8 Å². The highest BCUT2D eigenvalue weighted by Crippen LogP contribution is 2.20. The van der Waals surface area contributed by atoms with Crippen LogP contribution in [0.2, 0.25) is 0 Å². The summed E-state index contributed by atoms with van der Waals surface area (Å²) in [6.45, 7) is 5.06. The molecule has 3 rings (SSSR count). The van der Waals surface area contributed by atoms with Gasteiger partial charge < -0.3 is 4.90 Å². The average molecular weight is 344 g/mol. The number of sulfone groups is 1. The van der Waals surface area contributed by atoms with Gasteiger partial charge in [0.15, 0.2) is 9.84 Å². The molecule has 0 atom stereocenters. The van der Waals surface area contributed by atoms with Crippen molar-refractivity contribution in [2.45, 2.75) is 17.9 Å². The fourth-order valence-corrected chi connectivity index (χ4v) is 3.76. The van der Waals surface area contributed by atoms with Crippen molar-refractivity contribution in [1.82, 2.24) is 4.90 Å². The Labute approximate surface area is 144 Å². The number of hydrogen-bond acceptors (Lipinski definition) is 4. The van der Waals surface area contributed by atoms with Crippen molar-refractivity contribution < 1.29 is 8.42 Å². The quantitative estimate of drug-likeness (QED) is 0.855. The van der Waals surface area contributed by atoms with Gasteiger partial charge in [-0.05, 0) is 36.2 Å². The molecular weight excluding hydrogens is 320 g/mol. The van der Waals surface area contributed by atoms with Crippen LogP contribution < -0.4 is 4.90 Å². The van der Waals surface area contributed by atoms with Crippen LogP contribution in [0.4, 0.5) is 5.69 Å². The lowest BCUT2D eigenvalue weighted by Gasteiger charge is -2.24. The summed E-state index contributed by atoms with van der Waals surface area (Å²) in [6, 6.07) is 17.8. The Bertz CT molecular complexity index is 758. The molecule has 0 amide bonds. The summed E-state index contributed by atoms with van der Waals surface area (Å²) < 4.78 is 23.1. The lowest BCUT2D eigenvalue weighted by Crippen LogP contribution is -2.30. The van der Waals surface area contributed by atoms with Crippen LogP contribution in [-0.4, -0.2) is 45.8 Å². The second-order valence-corrected chi connectivity index (χ2v) is 8.38. The van der Waals surface area contributed by atoms with Crippen LogP contribution in [-0.2, 0) is 16.4 Å². The molecule has 1 aliphatic rings. The van der Waals surface area contributed by atoms with Crippen molar-refractivity contribution >= 4 is 15.5 Å². The minimum absolute atomic E-state index is 0.381. The van der Waals surface area contributed by atoms with Crippen molar-refractivity contribution in [2.75, 3.05) is 37.3 Å². The Morgan fingerprint density at radius 1 is 0.875 bits per heavy atom. The van der Waals surface area contributed by atoms with Crippen LogP contribution in [0.3, 0.4) is 0 Å². The number of rotatable bonds is 4. The molecule has 0 aliphatic carbocycles. The van der Waals surface area contributed by atoms with Crippen molar-refractivity contribution in [3.63, 3.8) is 0 Å². The minimum atomic E-state index is -3.13. The summed E-state index contributed by atoms with van der Waals surface area (Å²) in [5.74, 6) is 0. The van der Waals surface area contributed by atoms with Crippen LogP contribution in [0.1, 0.15) is 12.0 Å². The van der Waals surface area contributed by atoms with E-state index in [0.29, 0.717) is 4.90 Å². The predicted molar refractivity (Wildman–Crippen MR) is 98.1 cm³/mol. The van der Waals surface area contributed by atoms with Gasteiger partial charge in [0.05, 0.1) is 4.90 Å². The van der Waals surface area contributed by atoms with E-state index >= 15 is 0 Å². The summed E-state index contributed by atoms with van der Waals surface area (Å²) in [5, 5.41) is 0. The molecule has 1 heterocycles. The molecule has 0 unspecified atom stereocenters. The third-order valence-electron chi connectivity index (χ3n) is 4.47. The second-order valence-electron chi connectivity index (χ2n) is 6.37.